The van der Waals surface area contributed by atoms with Gasteiger partial charge >= 0.3 is 0 Å². The van der Waals surface area contributed by atoms with Crippen LogP contribution in [0.3, 0.4) is 0 Å². The van der Waals surface area contributed by atoms with Gasteiger partial charge in [-0.15, -0.1) is 0 Å². The molecule has 2 rings (SSSR count). The normalized spacial score (nSPS) is 10.3. The van der Waals surface area contributed by atoms with Crippen LogP contribution in [-0.2, 0) is 16.1 Å². The number of amides is 1. The Balaban J connectivity index is 1.61. The first-order valence-corrected chi connectivity index (χ1v) is 7.73. The molecule has 4 heteroatoms. The number of carbonyl (C=O) groups is 1. The lowest BCUT2D eigenvalue weighted by molar-refractivity contribution is -0.123. The fourth-order valence-electron chi connectivity index (χ4n) is 2.08. The minimum Gasteiger partial charge on any atom is -0.483 e. The van der Waals surface area contributed by atoms with Gasteiger partial charge in [0.1, 0.15) is 5.75 Å². The van der Waals surface area contributed by atoms with E-state index >= 15 is 0 Å². The molecular weight excluding hydrogens is 290 g/mol. The molecule has 0 heterocycles. The maximum atomic E-state index is 11.8. The van der Waals surface area contributed by atoms with Crippen molar-refractivity contribution in [2.45, 2.75) is 20.5 Å². The fraction of sp³-hybridized carbons (Fsp3) is 0.316. The van der Waals surface area contributed by atoms with E-state index in [-0.39, 0.29) is 12.5 Å². The van der Waals surface area contributed by atoms with Crippen molar-refractivity contribution in [3.8, 4) is 5.75 Å². The minimum atomic E-state index is -0.144. The van der Waals surface area contributed by atoms with Crippen molar-refractivity contribution in [2.75, 3.05) is 19.8 Å². The molecule has 0 saturated heterocycles. The van der Waals surface area contributed by atoms with Gasteiger partial charge in [0, 0.05) is 6.54 Å². The van der Waals surface area contributed by atoms with E-state index in [0.29, 0.717) is 19.8 Å². The van der Waals surface area contributed by atoms with Gasteiger partial charge in [0.2, 0.25) is 0 Å². The number of hydrogen-bond acceptors (Lipinski definition) is 3. The lowest BCUT2D eigenvalue weighted by atomic mass is 10.1. The Hall–Kier alpha value is -2.33. The number of nitrogens with one attached hydrogen (secondary N) is 1. The molecule has 0 aliphatic heterocycles. The van der Waals surface area contributed by atoms with Crippen molar-refractivity contribution in [3.05, 3.63) is 65.2 Å². The Labute approximate surface area is 137 Å². The molecule has 0 saturated carbocycles. The van der Waals surface area contributed by atoms with Crippen LogP contribution in [0, 0.1) is 13.8 Å². The summed E-state index contributed by atoms with van der Waals surface area (Å²) in [6.45, 7) is 5.48. The van der Waals surface area contributed by atoms with Crippen molar-refractivity contribution in [3.63, 3.8) is 0 Å². The van der Waals surface area contributed by atoms with Crippen LogP contribution < -0.4 is 10.1 Å². The summed E-state index contributed by atoms with van der Waals surface area (Å²) < 4.78 is 11.1. The quantitative estimate of drug-likeness (QED) is 0.762. The zero-order chi connectivity index (χ0) is 16.5. The van der Waals surface area contributed by atoms with Gasteiger partial charge in [-0.2, -0.15) is 0 Å². The van der Waals surface area contributed by atoms with Gasteiger partial charge < -0.3 is 14.8 Å². The SMILES string of the molecule is Cc1ccc(C)c(OCC(=O)NCCOCc2ccccc2)c1. The van der Waals surface area contributed by atoms with Crippen molar-refractivity contribution in [1.29, 1.82) is 0 Å². The summed E-state index contributed by atoms with van der Waals surface area (Å²) in [5.41, 5.74) is 3.26. The topological polar surface area (TPSA) is 47.6 Å². The molecule has 2 aromatic carbocycles. The standard InChI is InChI=1S/C19H23NO3/c1-15-8-9-16(2)18(12-15)23-14-19(21)20-10-11-22-13-17-6-4-3-5-7-17/h3-9,12H,10-11,13-14H2,1-2H3,(H,20,21). The average molecular weight is 313 g/mol. The van der Waals surface area contributed by atoms with Gasteiger partial charge in [-0.1, -0.05) is 42.5 Å². The second-order valence-corrected chi connectivity index (χ2v) is 5.45. The first-order valence-electron chi connectivity index (χ1n) is 7.73. The first-order chi connectivity index (χ1) is 11.1. The van der Waals surface area contributed by atoms with E-state index in [1.807, 2.05) is 62.4 Å². The number of carbonyl (C=O) groups excluding carboxylic acids is 1. The third-order valence-corrected chi connectivity index (χ3v) is 3.38. The van der Waals surface area contributed by atoms with Crippen LogP contribution in [0.1, 0.15) is 16.7 Å². The number of ether oxygens (including phenoxy) is 2. The summed E-state index contributed by atoms with van der Waals surface area (Å²) in [5, 5.41) is 2.78. The van der Waals surface area contributed by atoms with Gasteiger partial charge in [-0.25, -0.2) is 0 Å². The Morgan fingerprint density at radius 3 is 2.65 bits per heavy atom. The van der Waals surface area contributed by atoms with Crippen molar-refractivity contribution in [1.82, 2.24) is 5.32 Å². The largest absolute Gasteiger partial charge is 0.483 e. The molecule has 0 radical (unpaired) electrons. The predicted molar refractivity (Wildman–Crippen MR) is 90.5 cm³/mol. The third kappa shape index (κ3) is 6.12. The molecule has 1 amide bonds. The van der Waals surface area contributed by atoms with Crippen molar-refractivity contribution < 1.29 is 14.3 Å². The summed E-state index contributed by atoms with van der Waals surface area (Å²) in [6.07, 6.45) is 0. The molecule has 0 bridgehead atoms. The van der Waals surface area contributed by atoms with Crippen LogP contribution in [0.2, 0.25) is 0 Å². The van der Waals surface area contributed by atoms with Crippen LogP contribution >= 0.6 is 0 Å². The summed E-state index contributed by atoms with van der Waals surface area (Å²) in [6, 6.07) is 15.9. The molecule has 0 aromatic heterocycles. The monoisotopic (exact) mass is 313 g/mol. The summed E-state index contributed by atoms with van der Waals surface area (Å²) >= 11 is 0. The molecule has 0 aliphatic rings. The molecule has 0 spiro atoms. The molecule has 0 atom stereocenters. The lowest BCUT2D eigenvalue weighted by Crippen LogP contribution is -2.31. The molecule has 1 N–H and O–H groups in total. The van der Waals surface area contributed by atoms with E-state index in [2.05, 4.69) is 5.32 Å². The van der Waals surface area contributed by atoms with E-state index in [4.69, 9.17) is 9.47 Å². The van der Waals surface area contributed by atoms with E-state index in [0.717, 1.165) is 22.4 Å². The highest BCUT2D eigenvalue weighted by atomic mass is 16.5. The van der Waals surface area contributed by atoms with E-state index < -0.39 is 0 Å². The minimum absolute atomic E-state index is 0.0168. The molecular formula is C19H23NO3. The van der Waals surface area contributed by atoms with Crippen LogP contribution in [-0.4, -0.2) is 25.7 Å². The number of hydrogen-bond donors (Lipinski definition) is 1. The highest BCUT2D eigenvalue weighted by Crippen LogP contribution is 2.18. The van der Waals surface area contributed by atoms with E-state index in [9.17, 15) is 4.79 Å². The smallest absolute Gasteiger partial charge is 0.258 e. The van der Waals surface area contributed by atoms with Crippen molar-refractivity contribution in [2.24, 2.45) is 0 Å². The van der Waals surface area contributed by atoms with Crippen LogP contribution in [0.5, 0.6) is 5.75 Å². The Morgan fingerprint density at radius 1 is 1.09 bits per heavy atom. The summed E-state index contributed by atoms with van der Waals surface area (Å²) in [5.74, 6) is 0.606. The fourth-order valence-corrected chi connectivity index (χ4v) is 2.08. The Bertz CT molecular complexity index is 626. The maximum Gasteiger partial charge on any atom is 0.258 e. The Kier molecular flexibility index (Phi) is 6.63. The van der Waals surface area contributed by atoms with E-state index in [1.165, 1.54) is 0 Å². The van der Waals surface area contributed by atoms with Gasteiger partial charge in [0.05, 0.1) is 13.2 Å². The van der Waals surface area contributed by atoms with Gasteiger partial charge in [-0.3, -0.25) is 4.79 Å². The lowest BCUT2D eigenvalue weighted by Gasteiger charge is -2.10. The number of aryl methyl sites for hydroxylation is 2. The molecule has 0 unspecified atom stereocenters. The molecule has 0 aliphatic carbocycles. The second kappa shape index (κ2) is 8.96. The zero-order valence-corrected chi connectivity index (χ0v) is 13.7. The molecule has 23 heavy (non-hydrogen) atoms. The second-order valence-electron chi connectivity index (χ2n) is 5.45. The summed E-state index contributed by atoms with van der Waals surface area (Å²) in [4.78, 5) is 11.8. The van der Waals surface area contributed by atoms with Crippen LogP contribution in [0.15, 0.2) is 48.5 Å². The van der Waals surface area contributed by atoms with Crippen molar-refractivity contribution >= 4 is 5.91 Å². The zero-order valence-electron chi connectivity index (χ0n) is 13.7. The van der Waals surface area contributed by atoms with Crippen LogP contribution in [0.4, 0.5) is 0 Å². The molecule has 2 aromatic rings. The Morgan fingerprint density at radius 2 is 1.87 bits per heavy atom. The third-order valence-electron chi connectivity index (χ3n) is 3.38. The predicted octanol–water partition coefficient (Wildman–Crippen LogP) is 3.02. The highest BCUT2D eigenvalue weighted by Gasteiger charge is 2.04. The number of benzene rings is 2. The van der Waals surface area contributed by atoms with E-state index in [1.54, 1.807) is 0 Å². The highest BCUT2D eigenvalue weighted by molar-refractivity contribution is 5.77. The molecule has 0 fully saturated rings. The van der Waals surface area contributed by atoms with Gasteiger partial charge in [0.25, 0.3) is 5.91 Å². The first kappa shape index (κ1) is 17.0. The summed E-state index contributed by atoms with van der Waals surface area (Å²) in [7, 11) is 0. The average Bonchev–Trinajstić information content (AvgIpc) is 2.56. The maximum absolute atomic E-state index is 11.8. The number of rotatable bonds is 8. The van der Waals surface area contributed by atoms with Gasteiger partial charge in [0.15, 0.2) is 6.61 Å². The van der Waals surface area contributed by atoms with Gasteiger partial charge in [-0.05, 0) is 36.6 Å². The molecule has 4 nitrogen and oxygen atoms in total. The molecule has 122 valence electrons. The van der Waals surface area contributed by atoms with Crippen LogP contribution in [0.25, 0.3) is 0 Å².